The van der Waals surface area contributed by atoms with Crippen LogP contribution in [0, 0.1) is 5.82 Å². The first kappa shape index (κ1) is 21.8. The second-order valence-corrected chi connectivity index (χ2v) is 9.12. The number of rotatable bonds is 7. The Bertz CT molecular complexity index is 1380. The van der Waals surface area contributed by atoms with E-state index in [4.69, 9.17) is 4.42 Å². The van der Waals surface area contributed by atoms with Crippen molar-refractivity contribution in [1.29, 1.82) is 0 Å². The molecule has 0 saturated carbocycles. The fraction of sp³-hybridized carbons (Fsp3) is 0.250. The van der Waals surface area contributed by atoms with Crippen LogP contribution in [0.4, 0.5) is 18.9 Å². The molecule has 0 amide bonds. The number of fused-ring (bicyclic) bond motifs is 1. The molecular formula is C20H18F3N5O3S. The molecule has 12 heteroatoms. The van der Waals surface area contributed by atoms with Gasteiger partial charge in [0, 0.05) is 23.6 Å². The van der Waals surface area contributed by atoms with E-state index in [2.05, 4.69) is 15.3 Å². The highest BCUT2D eigenvalue weighted by Crippen LogP contribution is 2.31. The molecule has 0 atom stereocenters. The van der Waals surface area contributed by atoms with Crippen molar-refractivity contribution < 1.29 is 26.0 Å². The smallest absolute Gasteiger partial charge is 0.314 e. The van der Waals surface area contributed by atoms with Gasteiger partial charge in [-0.15, -0.1) is 10.2 Å². The second-order valence-electron chi connectivity index (χ2n) is 6.94. The number of sulfonamides is 1. The SMILES string of the molecule is CCS(=O)(=O)N(Cc1ccc(-c2nnc(C(F)F)o2)cc1F)c1cccc2cnn(C)c12. The first-order chi connectivity index (χ1) is 15.2. The van der Waals surface area contributed by atoms with Crippen molar-refractivity contribution in [3.05, 3.63) is 59.9 Å². The number of aryl methyl sites for hydroxylation is 1. The van der Waals surface area contributed by atoms with Gasteiger partial charge in [-0.1, -0.05) is 18.2 Å². The van der Waals surface area contributed by atoms with Gasteiger partial charge in [-0.2, -0.15) is 13.9 Å². The molecule has 0 fully saturated rings. The van der Waals surface area contributed by atoms with E-state index in [0.29, 0.717) is 11.2 Å². The number of nitrogens with zero attached hydrogens (tertiary/aromatic N) is 5. The Morgan fingerprint density at radius 3 is 2.62 bits per heavy atom. The van der Waals surface area contributed by atoms with E-state index in [1.165, 1.54) is 19.1 Å². The van der Waals surface area contributed by atoms with E-state index < -0.39 is 28.2 Å². The molecule has 0 aliphatic carbocycles. The summed E-state index contributed by atoms with van der Waals surface area (Å²) in [5.41, 5.74) is 1.14. The standard InChI is InChI=1S/C20H18F3N5O3S/c1-3-32(29,30)28(16-6-4-5-13-10-24-27(2)17(13)16)11-14-8-7-12(9-15(14)21)19-25-26-20(31-19)18(22)23/h4-10,18H,3,11H2,1-2H3. The van der Waals surface area contributed by atoms with Gasteiger partial charge in [0.15, 0.2) is 0 Å². The quantitative estimate of drug-likeness (QED) is 0.409. The predicted octanol–water partition coefficient (Wildman–Crippen LogP) is 4.06. The maximum absolute atomic E-state index is 14.9. The molecule has 32 heavy (non-hydrogen) atoms. The Kier molecular flexibility index (Phi) is 5.63. The Hall–Kier alpha value is -3.41. The number of benzene rings is 2. The molecule has 0 spiro atoms. The van der Waals surface area contributed by atoms with Crippen molar-refractivity contribution in [2.75, 3.05) is 10.1 Å². The lowest BCUT2D eigenvalue weighted by molar-refractivity contribution is 0.116. The molecule has 0 saturated heterocycles. The Balaban J connectivity index is 1.74. The lowest BCUT2D eigenvalue weighted by atomic mass is 10.1. The van der Waals surface area contributed by atoms with Crippen LogP contribution in [0.1, 0.15) is 24.8 Å². The van der Waals surface area contributed by atoms with Crippen molar-refractivity contribution >= 4 is 26.6 Å². The van der Waals surface area contributed by atoms with Crippen LogP contribution in [0.2, 0.25) is 0 Å². The van der Waals surface area contributed by atoms with Gasteiger partial charge in [0.05, 0.1) is 29.7 Å². The lowest BCUT2D eigenvalue weighted by Gasteiger charge is -2.25. The first-order valence-electron chi connectivity index (χ1n) is 9.52. The van der Waals surface area contributed by atoms with Crippen LogP contribution in [0.5, 0.6) is 0 Å². The van der Waals surface area contributed by atoms with E-state index in [-0.39, 0.29) is 29.3 Å². The highest BCUT2D eigenvalue weighted by atomic mass is 32.2. The maximum Gasteiger partial charge on any atom is 0.314 e. The summed E-state index contributed by atoms with van der Waals surface area (Å²) in [6.45, 7) is 1.22. The fourth-order valence-corrected chi connectivity index (χ4v) is 4.40. The molecule has 0 bridgehead atoms. The van der Waals surface area contributed by atoms with E-state index in [1.807, 2.05) is 0 Å². The highest BCUT2D eigenvalue weighted by Gasteiger charge is 2.26. The van der Waals surface area contributed by atoms with E-state index in [9.17, 15) is 21.6 Å². The summed E-state index contributed by atoms with van der Waals surface area (Å²) < 4.78 is 73.6. The highest BCUT2D eigenvalue weighted by molar-refractivity contribution is 7.92. The summed E-state index contributed by atoms with van der Waals surface area (Å²) in [5, 5.41) is 11.6. The third-order valence-electron chi connectivity index (χ3n) is 4.95. The molecule has 2 heterocycles. The van der Waals surface area contributed by atoms with Gasteiger partial charge in [0.2, 0.25) is 15.9 Å². The van der Waals surface area contributed by atoms with Crippen molar-refractivity contribution in [3.63, 3.8) is 0 Å². The van der Waals surface area contributed by atoms with Gasteiger partial charge in [0.1, 0.15) is 5.82 Å². The molecule has 2 aromatic heterocycles. The zero-order valence-corrected chi connectivity index (χ0v) is 17.9. The summed E-state index contributed by atoms with van der Waals surface area (Å²) in [6, 6.07) is 8.94. The van der Waals surface area contributed by atoms with Crippen molar-refractivity contribution in [3.8, 4) is 11.5 Å². The number of anilines is 1. The number of hydrogen-bond acceptors (Lipinski definition) is 6. The molecule has 2 aromatic carbocycles. The minimum Gasteiger partial charge on any atom is -0.415 e. The average molecular weight is 465 g/mol. The van der Waals surface area contributed by atoms with E-state index in [1.54, 1.807) is 36.1 Å². The molecule has 0 aliphatic rings. The van der Waals surface area contributed by atoms with Gasteiger partial charge in [-0.3, -0.25) is 8.99 Å². The van der Waals surface area contributed by atoms with Gasteiger partial charge in [-0.05, 0) is 25.1 Å². The largest absolute Gasteiger partial charge is 0.415 e. The summed E-state index contributed by atoms with van der Waals surface area (Å²) in [4.78, 5) is 0. The number of hydrogen-bond donors (Lipinski definition) is 0. The van der Waals surface area contributed by atoms with Crippen LogP contribution in [-0.2, 0) is 23.6 Å². The first-order valence-corrected chi connectivity index (χ1v) is 11.1. The zero-order chi connectivity index (χ0) is 23.0. The summed E-state index contributed by atoms with van der Waals surface area (Å²) >= 11 is 0. The van der Waals surface area contributed by atoms with Crippen LogP contribution in [0.25, 0.3) is 22.4 Å². The fourth-order valence-electron chi connectivity index (χ4n) is 3.31. The van der Waals surface area contributed by atoms with Crippen molar-refractivity contribution in [1.82, 2.24) is 20.0 Å². The number of alkyl halides is 2. The van der Waals surface area contributed by atoms with Crippen LogP contribution < -0.4 is 4.31 Å². The topological polar surface area (TPSA) is 94.1 Å². The minimum absolute atomic E-state index is 0.0820. The molecule has 0 N–H and O–H groups in total. The molecule has 0 aliphatic heterocycles. The van der Waals surface area contributed by atoms with Crippen LogP contribution in [0.3, 0.4) is 0 Å². The monoisotopic (exact) mass is 465 g/mol. The molecule has 4 rings (SSSR count). The van der Waals surface area contributed by atoms with Gasteiger partial charge in [0.25, 0.3) is 5.89 Å². The molecule has 4 aromatic rings. The van der Waals surface area contributed by atoms with Crippen molar-refractivity contribution in [2.45, 2.75) is 19.9 Å². The number of para-hydroxylation sites is 1. The molecule has 0 unspecified atom stereocenters. The van der Waals surface area contributed by atoms with Crippen LogP contribution in [-0.4, -0.2) is 34.1 Å². The van der Waals surface area contributed by atoms with Gasteiger partial charge in [-0.25, -0.2) is 12.8 Å². The van der Waals surface area contributed by atoms with Gasteiger partial charge < -0.3 is 4.42 Å². The molecule has 0 radical (unpaired) electrons. The third-order valence-corrected chi connectivity index (χ3v) is 6.68. The van der Waals surface area contributed by atoms with E-state index >= 15 is 0 Å². The maximum atomic E-state index is 14.9. The summed E-state index contributed by atoms with van der Waals surface area (Å²) in [6.07, 6.45) is -1.33. The Morgan fingerprint density at radius 1 is 1.19 bits per heavy atom. The molecule has 168 valence electrons. The Labute approximate surface area is 181 Å². The third kappa shape index (κ3) is 3.93. The van der Waals surface area contributed by atoms with Crippen LogP contribution >= 0.6 is 0 Å². The second kappa shape index (κ2) is 8.26. The summed E-state index contributed by atoms with van der Waals surface area (Å²) in [5.74, 6) is -2.07. The molecule has 8 nitrogen and oxygen atoms in total. The number of aromatic nitrogens is 4. The van der Waals surface area contributed by atoms with Crippen molar-refractivity contribution in [2.24, 2.45) is 7.05 Å². The van der Waals surface area contributed by atoms with Gasteiger partial charge >= 0.3 is 6.43 Å². The van der Waals surface area contributed by atoms with E-state index in [0.717, 1.165) is 15.8 Å². The minimum atomic E-state index is -3.78. The normalized spacial score (nSPS) is 12.1. The summed E-state index contributed by atoms with van der Waals surface area (Å²) in [7, 11) is -2.09. The number of halogens is 3. The average Bonchev–Trinajstić information content (AvgIpc) is 3.40. The Morgan fingerprint density at radius 2 is 1.97 bits per heavy atom. The lowest BCUT2D eigenvalue weighted by Crippen LogP contribution is -2.32. The molecular weight excluding hydrogens is 447 g/mol. The zero-order valence-electron chi connectivity index (χ0n) is 17.0. The van der Waals surface area contributed by atoms with Crippen LogP contribution in [0.15, 0.2) is 47.0 Å². The predicted molar refractivity (Wildman–Crippen MR) is 111 cm³/mol.